The van der Waals surface area contributed by atoms with Crippen LogP contribution in [0.1, 0.15) is 5.56 Å². The van der Waals surface area contributed by atoms with Gasteiger partial charge in [0, 0.05) is 5.39 Å². The normalized spacial score (nSPS) is 10.8. The Morgan fingerprint density at radius 1 is 1.33 bits per heavy atom. The number of hydrogen-bond donors (Lipinski definition) is 2. The lowest BCUT2D eigenvalue weighted by Crippen LogP contribution is -1.82. The van der Waals surface area contributed by atoms with Crippen LogP contribution in [0.3, 0.4) is 0 Å². The average molecular weight is 214 g/mol. The highest BCUT2D eigenvalue weighted by Gasteiger charge is 2.01. The summed E-state index contributed by atoms with van der Waals surface area (Å²) < 4.78 is 1.32. The van der Waals surface area contributed by atoms with Crippen LogP contribution < -0.4 is 0 Å². The standard InChI is InChI=1S/C7H6N2S3/c1-3-2-12-6-4(3)5(10)8-7(11)9-6/h2H,1H3,(H2,8,9,10,11). The SMILES string of the molecule is Cc1csc2[nH]c(=S)[nH]c(=S)c12. The van der Waals surface area contributed by atoms with Crippen molar-refractivity contribution >= 4 is 46.0 Å². The Labute approximate surface area is 83.3 Å². The molecule has 0 amide bonds. The minimum Gasteiger partial charge on any atom is -0.324 e. The topological polar surface area (TPSA) is 31.6 Å². The van der Waals surface area contributed by atoms with E-state index in [1.807, 2.05) is 6.92 Å². The minimum atomic E-state index is 0.592. The van der Waals surface area contributed by atoms with E-state index in [-0.39, 0.29) is 0 Å². The third-order valence-corrected chi connectivity index (χ3v) is 3.18. The van der Waals surface area contributed by atoms with Gasteiger partial charge in [-0.3, -0.25) is 0 Å². The summed E-state index contributed by atoms with van der Waals surface area (Å²) in [6, 6.07) is 0. The first-order valence-corrected chi connectivity index (χ1v) is 5.08. The van der Waals surface area contributed by atoms with Gasteiger partial charge in [0.15, 0.2) is 4.77 Å². The van der Waals surface area contributed by atoms with E-state index >= 15 is 0 Å². The molecule has 0 saturated carbocycles. The molecule has 0 aromatic carbocycles. The lowest BCUT2D eigenvalue weighted by Gasteiger charge is -1.91. The van der Waals surface area contributed by atoms with Crippen molar-refractivity contribution < 1.29 is 0 Å². The summed E-state index contributed by atoms with van der Waals surface area (Å²) in [7, 11) is 0. The molecular weight excluding hydrogens is 208 g/mol. The lowest BCUT2D eigenvalue weighted by atomic mass is 10.3. The molecule has 2 aromatic heterocycles. The van der Waals surface area contributed by atoms with E-state index in [9.17, 15) is 0 Å². The molecule has 2 N–H and O–H groups in total. The van der Waals surface area contributed by atoms with E-state index in [4.69, 9.17) is 24.4 Å². The number of aryl methyl sites for hydroxylation is 1. The van der Waals surface area contributed by atoms with Gasteiger partial charge in [-0.05, 0) is 30.1 Å². The van der Waals surface area contributed by atoms with Crippen LogP contribution in [0.25, 0.3) is 10.2 Å². The zero-order valence-electron chi connectivity index (χ0n) is 6.30. The van der Waals surface area contributed by atoms with E-state index in [2.05, 4.69) is 15.3 Å². The molecule has 0 aliphatic carbocycles. The Morgan fingerprint density at radius 3 is 2.83 bits per heavy atom. The molecule has 2 heterocycles. The molecule has 0 aliphatic rings. The second-order valence-corrected chi connectivity index (χ2v) is 4.23. The first-order valence-electron chi connectivity index (χ1n) is 3.39. The molecule has 2 nitrogen and oxygen atoms in total. The summed E-state index contributed by atoms with van der Waals surface area (Å²) in [6.45, 7) is 2.04. The molecule has 12 heavy (non-hydrogen) atoms. The Hall–Kier alpha value is -0.520. The van der Waals surface area contributed by atoms with Crippen molar-refractivity contribution in [1.82, 2.24) is 9.97 Å². The summed E-state index contributed by atoms with van der Waals surface area (Å²) in [5.74, 6) is 0. The molecular formula is C7H6N2S3. The van der Waals surface area contributed by atoms with Gasteiger partial charge >= 0.3 is 0 Å². The first-order chi connectivity index (χ1) is 5.68. The number of nitrogens with one attached hydrogen (secondary N) is 2. The molecule has 5 heteroatoms. The van der Waals surface area contributed by atoms with Crippen molar-refractivity contribution in [3.63, 3.8) is 0 Å². The number of rotatable bonds is 0. The van der Waals surface area contributed by atoms with Crippen LogP contribution in [0.15, 0.2) is 5.38 Å². The molecule has 0 bridgehead atoms. The largest absolute Gasteiger partial charge is 0.324 e. The number of aromatic amines is 2. The number of aromatic nitrogens is 2. The maximum Gasteiger partial charge on any atom is 0.176 e. The van der Waals surface area contributed by atoms with Crippen LogP contribution in [-0.4, -0.2) is 9.97 Å². The molecule has 0 saturated heterocycles. The fourth-order valence-electron chi connectivity index (χ4n) is 1.12. The number of thiophene rings is 1. The molecule has 0 fully saturated rings. The van der Waals surface area contributed by atoms with Crippen LogP contribution in [0.5, 0.6) is 0 Å². The summed E-state index contributed by atoms with van der Waals surface area (Å²) >= 11 is 11.7. The zero-order chi connectivity index (χ0) is 8.72. The second kappa shape index (κ2) is 2.76. The molecule has 2 aromatic rings. The van der Waals surface area contributed by atoms with Gasteiger partial charge in [-0.25, -0.2) is 0 Å². The predicted molar refractivity (Wildman–Crippen MR) is 56.9 cm³/mol. The number of fused-ring (bicyclic) bond motifs is 1. The van der Waals surface area contributed by atoms with Gasteiger partial charge in [-0.1, -0.05) is 12.2 Å². The van der Waals surface area contributed by atoms with E-state index in [0.29, 0.717) is 4.77 Å². The van der Waals surface area contributed by atoms with Crippen molar-refractivity contribution in [2.75, 3.05) is 0 Å². The van der Waals surface area contributed by atoms with Crippen LogP contribution in [0.2, 0.25) is 0 Å². The molecule has 0 spiro atoms. The summed E-state index contributed by atoms with van der Waals surface area (Å²) in [5, 5.41) is 3.16. The second-order valence-electron chi connectivity index (χ2n) is 2.53. The van der Waals surface area contributed by atoms with Crippen LogP contribution in [0.4, 0.5) is 0 Å². The summed E-state index contributed by atoms with van der Waals surface area (Å²) in [6.07, 6.45) is 0. The maximum absolute atomic E-state index is 5.15. The van der Waals surface area contributed by atoms with Gasteiger partial charge < -0.3 is 9.97 Å². The van der Waals surface area contributed by atoms with Gasteiger partial charge in [-0.2, -0.15) is 0 Å². The molecule has 0 atom stereocenters. The average Bonchev–Trinajstić information content (AvgIpc) is 2.31. The van der Waals surface area contributed by atoms with Crippen molar-refractivity contribution in [2.45, 2.75) is 6.92 Å². The summed E-state index contributed by atoms with van der Waals surface area (Å²) in [4.78, 5) is 7.04. The number of H-pyrrole nitrogens is 2. The van der Waals surface area contributed by atoms with Gasteiger partial charge in [0.1, 0.15) is 9.47 Å². The van der Waals surface area contributed by atoms with Crippen molar-refractivity contribution in [2.24, 2.45) is 0 Å². The summed E-state index contributed by atoms with van der Waals surface area (Å²) in [5.41, 5.74) is 1.20. The Balaban J connectivity index is 3.13. The van der Waals surface area contributed by atoms with Gasteiger partial charge in [0.25, 0.3) is 0 Å². The Kier molecular flexibility index (Phi) is 1.86. The fourth-order valence-corrected chi connectivity index (χ4v) is 2.84. The fraction of sp³-hybridized carbons (Fsp3) is 0.143. The molecule has 0 radical (unpaired) electrons. The molecule has 0 unspecified atom stereocenters. The van der Waals surface area contributed by atoms with E-state index in [1.54, 1.807) is 11.3 Å². The number of hydrogen-bond acceptors (Lipinski definition) is 3. The van der Waals surface area contributed by atoms with Gasteiger partial charge in [-0.15, -0.1) is 11.3 Å². The maximum atomic E-state index is 5.15. The molecule has 2 rings (SSSR count). The highest BCUT2D eigenvalue weighted by atomic mass is 32.1. The van der Waals surface area contributed by atoms with Crippen LogP contribution >= 0.6 is 35.8 Å². The van der Waals surface area contributed by atoms with Crippen molar-refractivity contribution in [3.8, 4) is 0 Å². The van der Waals surface area contributed by atoms with Crippen LogP contribution in [-0.2, 0) is 0 Å². The Morgan fingerprint density at radius 2 is 2.08 bits per heavy atom. The van der Waals surface area contributed by atoms with E-state index in [1.165, 1.54) is 5.56 Å². The Bertz CT molecular complexity index is 531. The van der Waals surface area contributed by atoms with Gasteiger partial charge in [0.2, 0.25) is 0 Å². The smallest absolute Gasteiger partial charge is 0.176 e. The highest BCUT2D eigenvalue weighted by Crippen LogP contribution is 2.23. The third kappa shape index (κ3) is 1.14. The van der Waals surface area contributed by atoms with E-state index in [0.717, 1.165) is 14.9 Å². The van der Waals surface area contributed by atoms with Crippen molar-refractivity contribution in [3.05, 3.63) is 20.4 Å². The van der Waals surface area contributed by atoms with E-state index < -0.39 is 0 Å². The lowest BCUT2D eigenvalue weighted by molar-refractivity contribution is 1.18. The van der Waals surface area contributed by atoms with Crippen LogP contribution in [0, 0.1) is 16.3 Å². The van der Waals surface area contributed by atoms with Crippen molar-refractivity contribution in [1.29, 1.82) is 0 Å². The monoisotopic (exact) mass is 214 g/mol. The van der Waals surface area contributed by atoms with Gasteiger partial charge in [0.05, 0.1) is 0 Å². The molecule has 0 aliphatic heterocycles. The zero-order valence-corrected chi connectivity index (χ0v) is 8.75. The quantitative estimate of drug-likeness (QED) is 0.659. The third-order valence-electron chi connectivity index (χ3n) is 1.66. The highest BCUT2D eigenvalue weighted by molar-refractivity contribution is 7.72. The predicted octanol–water partition coefficient (Wildman–Crippen LogP) is 3.32. The molecule has 62 valence electrons. The minimum absolute atomic E-state index is 0.592. The first kappa shape index (κ1) is 8.10.